The summed E-state index contributed by atoms with van der Waals surface area (Å²) in [6.07, 6.45) is 2.67. The second-order valence-electron chi connectivity index (χ2n) is 6.02. The summed E-state index contributed by atoms with van der Waals surface area (Å²) in [5.41, 5.74) is 8.05. The van der Waals surface area contributed by atoms with E-state index in [1.807, 2.05) is 26.0 Å². The van der Waals surface area contributed by atoms with Gasteiger partial charge in [0.15, 0.2) is 0 Å². The highest BCUT2D eigenvalue weighted by Gasteiger charge is 2.45. The summed E-state index contributed by atoms with van der Waals surface area (Å²) in [6, 6.07) is 8.27. The van der Waals surface area contributed by atoms with Crippen LogP contribution in [-0.4, -0.2) is 16.6 Å². The van der Waals surface area contributed by atoms with Crippen molar-refractivity contribution in [3.8, 4) is 0 Å². The standard InChI is InChI=1S/C15H21NO2/c1-14(2,16)15(10-13(17)18)8-7-11-5-3-4-6-12(11)9-15/h3-6H,7-10,16H2,1-2H3,(H,17,18). The van der Waals surface area contributed by atoms with Gasteiger partial charge in [-0.3, -0.25) is 4.79 Å². The third-order valence-corrected chi connectivity index (χ3v) is 4.38. The molecule has 0 saturated carbocycles. The van der Waals surface area contributed by atoms with Crippen molar-refractivity contribution in [3.63, 3.8) is 0 Å². The van der Waals surface area contributed by atoms with Crippen molar-refractivity contribution >= 4 is 5.97 Å². The largest absolute Gasteiger partial charge is 0.481 e. The van der Waals surface area contributed by atoms with E-state index in [0.717, 1.165) is 19.3 Å². The maximum atomic E-state index is 11.2. The molecule has 1 aliphatic carbocycles. The van der Waals surface area contributed by atoms with Crippen molar-refractivity contribution in [2.45, 2.75) is 45.1 Å². The van der Waals surface area contributed by atoms with Crippen LogP contribution in [0.1, 0.15) is 37.8 Å². The molecular formula is C15H21NO2. The number of carbonyl (C=O) groups is 1. The number of fused-ring (bicyclic) bond motifs is 1. The molecule has 98 valence electrons. The Morgan fingerprint density at radius 3 is 2.56 bits per heavy atom. The molecular weight excluding hydrogens is 226 g/mol. The minimum Gasteiger partial charge on any atom is -0.481 e. The Morgan fingerprint density at radius 2 is 2.00 bits per heavy atom. The first-order valence-electron chi connectivity index (χ1n) is 6.42. The molecule has 3 N–H and O–H groups in total. The number of aryl methyl sites for hydroxylation is 1. The molecule has 0 aromatic heterocycles. The zero-order chi connectivity index (χ0) is 13.4. The van der Waals surface area contributed by atoms with E-state index in [1.54, 1.807) is 0 Å². The van der Waals surface area contributed by atoms with Crippen LogP contribution in [0, 0.1) is 5.41 Å². The van der Waals surface area contributed by atoms with Gasteiger partial charge in [-0.2, -0.15) is 0 Å². The highest BCUT2D eigenvalue weighted by molar-refractivity contribution is 5.68. The molecule has 3 nitrogen and oxygen atoms in total. The number of rotatable bonds is 3. The van der Waals surface area contributed by atoms with E-state index in [1.165, 1.54) is 11.1 Å². The second-order valence-corrected chi connectivity index (χ2v) is 6.02. The van der Waals surface area contributed by atoms with Gasteiger partial charge in [-0.05, 0) is 44.2 Å². The molecule has 1 atom stereocenters. The number of hydrogen-bond acceptors (Lipinski definition) is 2. The van der Waals surface area contributed by atoms with Crippen LogP contribution in [0.25, 0.3) is 0 Å². The highest BCUT2D eigenvalue weighted by Crippen LogP contribution is 2.45. The van der Waals surface area contributed by atoms with Crippen LogP contribution in [-0.2, 0) is 17.6 Å². The summed E-state index contributed by atoms with van der Waals surface area (Å²) < 4.78 is 0. The summed E-state index contributed by atoms with van der Waals surface area (Å²) in [6.45, 7) is 3.90. The lowest BCUT2D eigenvalue weighted by Crippen LogP contribution is -2.54. The fourth-order valence-corrected chi connectivity index (χ4v) is 3.02. The Morgan fingerprint density at radius 1 is 1.39 bits per heavy atom. The van der Waals surface area contributed by atoms with Crippen molar-refractivity contribution in [1.29, 1.82) is 0 Å². The molecule has 0 amide bonds. The molecule has 0 bridgehead atoms. The first kappa shape index (κ1) is 13.1. The molecule has 0 heterocycles. The molecule has 1 aromatic rings. The van der Waals surface area contributed by atoms with Crippen LogP contribution >= 0.6 is 0 Å². The molecule has 0 spiro atoms. The Balaban J connectivity index is 2.38. The normalized spacial score (nSPS) is 23.5. The van der Waals surface area contributed by atoms with Crippen LogP contribution in [0.2, 0.25) is 0 Å². The van der Waals surface area contributed by atoms with E-state index in [4.69, 9.17) is 5.73 Å². The average molecular weight is 247 g/mol. The van der Waals surface area contributed by atoms with Gasteiger partial charge in [0.25, 0.3) is 0 Å². The van der Waals surface area contributed by atoms with Crippen LogP contribution in [0.15, 0.2) is 24.3 Å². The first-order valence-corrected chi connectivity index (χ1v) is 6.42. The zero-order valence-electron chi connectivity index (χ0n) is 11.1. The quantitative estimate of drug-likeness (QED) is 0.862. The molecule has 1 unspecified atom stereocenters. The predicted molar refractivity (Wildman–Crippen MR) is 71.4 cm³/mol. The number of benzene rings is 1. The third kappa shape index (κ3) is 2.27. The van der Waals surface area contributed by atoms with Gasteiger partial charge in [0.1, 0.15) is 0 Å². The molecule has 1 aromatic carbocycles. The van der Waals surface area contributed by atoms with Gasteiger partial charge >= 0.3 is 5.97 Å². The molecule has 1 aliphatic rings. The van der Waals surface area contributed by atoms with E-state index in [9.17, 15) is 9.90 Å². The van der Waals surface area contributed by atoms with Crippen molar-refractivity contribution in [2.75, 3.05) is 0 Å². The SMILES string of the molecule is CC(C)(N)C1(CC(=O)O)CCc2ccccc2C1. The van der Waals surface area contributed by atoms with Gasteiger partial charge in [-0.1, -0.05) is 24.3 Å². The summed E-state index contributed by atoms with van der Waals surface area (Å²) >= 11 is 0. The molecule has 2 rings (SSSR count). The van der Waals surface area contributed by atoms with Gasteiger partial charge in [-0.15, -0.1) is 0 Å². The molecule has 3 heteroatoms. The molecule has 0 saturated heterocycles. The molecule has 0 aliphatic heterocycles. The van der Waals surface area contributed by atoms with E-state index >= 15 is 0 Å². The lowest BCUT2D eigenvalue weighted by atomic mass is 9.60. The average Bonchev–Trinajstić information content (AvgIpc) is 2.26. The number of carboxylic acids is 1. The maximum absolute atomic E-state index is 11.2. The molecule has 0 radical (unpaired) electrons. The lowest BCUT2D eigenvalue weighted by molar-refractivity contribution is -0.141. The van der Waals surface area contributed by atoms with Gasteiger partial charge < -0.3 is 10.8 Å². The van der Waals surface area contributed by atoms with Crippen molar-refractivity contribution < 1.29 is 9.90 Å². The topological polar surface area (TPSA) is 63.3 Å². The van der Waals surface area contributed by atoms with Gasteiger partial charge in [0.2, 0.25) is 0 Å². The summed E-state index contributed by atoms with van der Waals surface area (Å²) in [5.74, 6) is -0.757. The number of carboxylic acid groups (broad SMARTS) is 1. The smallest absolute Gasteiger partial charge is 0.303 e. The Labute approximate surface area is 108 Å². The van der Waals surface area contributed by atoms with Crippen molar-refractivity contribution in [2.24, 2.45) is 11.1 Å². The first-order chi connectivity index (χ1) is 8.34. The van der Waals surface area contributed by atoms with Gasteiger partial charge in [0.05, 0.1) is 6.42 Å². The molecule has 0 fully saturated rings. The van der Waals surface area contributed by atoms with E-state index in [0.29, 0.717) is 0 Å². The predicted octanol–water partition coefficient (Wildman–Crippen LogP) is 2.37. The minimum absolute atomic E-state index is 0.144. The number of nitrogens with two attached hydrogens (primary N) is 1. The van der Waals surface area contributed by atoms with E-state index in [2.05, 4.69) is 12.1 Å². The summed E-state index contributed by atoms with van der Waals surface area (Å²) in [7, 11) is 0. The van der Waals surface area contributed by atoms with E-state index < -0.39 is 11.5 Å². The monoisotopic (exact) mass is 247 g/mol. The Hall–Kier alpha value is -1.35. The molecule has 18 heavy (non-hydrogen) atoms. The van der Waals surface area contributed by atoms with Crippen LogP contribution in [0.3, 0.4) is 0 Å². The van der Waals surface area contributed by atoms with Gasteiger partial charge in [-0.25, -0.2) is 0 Å². The van der Waals surface area contributed by atoms with E-state index in [-0.39, 0.29) is 11.8 Å². The Bertz CT molecular complexity index is 462. The Kier molecular flexibility index (Phi) is 3.20. The van der Waals surface area contributed by atoms with Crippen molar-refractivity contribution in [3.05, 3.63) is 35.4 Å². The van der Waals surface area contributed by atoms with Crippen LogP contribution in [0.4, 0.5) is 0 Å². The maximum Gasteiger partial charge on any atom is 0.303 e. The summed E-state index contributed by atoms with van der Waals surface area (Å²) in [4.78, 5) is 11.2. The van der Waals surface area contributed by atoms with Crippen LogP contribution < -0.4 is 5.73 Å². The van der Waals surface area contributed by atoms with Crippen molar-refractivity contribution in [1.82, 2.24) is 0 Å². The minimum atomic E-state index is -0.757. The third-order valence-electron chi connectivity index (χ3n) is 4.38. The fraction of sp³-hybridized carbons (Fsp3) is 0.533. The highest BCUT2D eigenvalue weighted by atomic mass is 16.4. The number of hydrogen-bond donors (Lipinski definition) is 2. The summed E-state index contributed by atoms with van der Waals surface area (Å²) in [5, 5.41) is 9.19. The zero-order valence-corrected chi connectivity index (χ0v) is 11.1. The number of aliphatic carboxylic acids is 1. The lowest BCUT2D eigenvalue weighted by Gasteiger charge is -2.47. The van der Waals surface area contributed by atoms with Gasteiger partial charge in [0, 0.05) is 11.0 Å². The van der Waals surface area contributed by atoms with Crippen LogP contribution in [0.5, 0.6) is 0 Å². The second kappa shape index (κ2) is 4.39. The fourth-order valence-electron chi connectivity index (χ4n) is 3.02.